The minimum atomic E-state index is -0.0499. The first-order valence-electron chi connectivity index (χ1n) is 8.14. The number of hydrogen-bond donors (Lipinski definition) is 1. The number of carbonyl (C=O) groups is 2. The first kappa shape index (κ1) is 18.5. The summed E-state index contributed by atoms with van der Waals surface area (Å²) in [6.07, 6.45) is 6.64. The Labute approximate surface area is 134 Å². The van der Waals surface area contributed by atoms with Crippen molar-refractivity contribution in [3.63, 3.8) is 0 Å². The predicted molar refractivity (Wildman–Crippen MR) is 88.1 cm³/mol. The second-order valence-electron chi connectivity index (χ2n) is 6.42. The van der Waals surface area contributed by atoms with E-state index in [1.54, 1.807) is 0 Å². The molecule has 1 aliphatic rings. The second kappa shape index (κ2) is 9.47. The molecule has 0 aromatic rings. The fraction of sp³-hybridized carbons (Fsp3) is 0.765. The van der Waals surface area contributed by atoms with Gasteiger partial charge in [0.25, 0.3) is 0 Å². The van der Waals surface area contributed by atoms with E-state index in [1.807, 2.05) is 4.90 Å². The fourth-order valence-corrected chi connectivity index (χ4v) is 2.43. The van der Waals surface area contributed by atoms with E-state index in [1.165, 1.54) is 0 Å². The van der Waals surface area contributed by atoms with Crippen LogP contribution in [0.4, 0.5) is 0 Å². The molecule has 1 rings (SSSR count). The molecule has 1 aliphatic heterocycles. The number of nitrogens with zero attached hydrogens (tertiary/aromatic N) is 2. The van der Waals surface area contributed by atoms with Gasteiger partial charge in [0.15, 0.2) is 0 Å². The Hall–Kier alpha value is -1.54. The van der Waals surface area contributed by atoms with E-state index in [-0.39, 0.29) is 18.4 Å². The molecular formula is C17H29N3O2. The van der Waals surface area contributed by atoms with Crippen molar-refractivity contribution in [3.8, 4) is 12.3 Å². The molecule has 0 saturated carbocycles. The minimum Gasteiger partial charge on any atom is -0.344 e. The largest absolute Gasteiger partial charge is 0.344 e. The lowest BCUT2D eigenvalue weighted by Crippen LogP contribution is -2.40. The molecule has 5 heteroatoms. The van der Waals surface area contributed by atoms with Crippen molar-refractivity contribution >= 4 is 11.8 Å². The maximum absolute atomic E-state index is 12.3. The van der Waals surface area contributed by atoms with Crippen molar-refractivity contribution in [2.75, 3.05) is 39.3 Å². The monoisotopic (exact) mass is 307 g/mol. The van der Waals surface area contributed by atoms with Gasteiger partial charge < -0.3 is 10.2 Å². The summed E-state index contributed by atoms with van der Waals surface area (Å²) in [6, 6.07) is 0. The van der Waals surface area contributed by atoms with Gasteiger partial charge >= 0.3 is 0 Å². The molecule has 1 saturated heterocycles. The molecule has 0 aromatic carbocycles. The van der Waals surface area contributed by atoms with Gasteiger partial charge in [-0.1, -0.05) is 26.7 Å². The van der Waals surface area contributed by atoms with Gasteiger partial charge in [-0.2, -0.15) is 0 Å². The van der Waals surface area contributed by atoms with Crippen LogP contribution in [0.5, 0.6) is 0 Å². The third-order valence-electron chi connectivity index (χ3n) is 4.33. The van der Waals surface area contributed by atoms with E-state index in [0.29, 0.717) is 31.3 Å². The van der Waals surface area contributed by atoms with Gasteiger partial charge in [-0.3, -0.25) is 14.5 Å². The Kier molecular flexibility index (Phi) is 7.97. The summed E-state index contributed by atoms with van der Waals surface area (Å²) in [5.41, 5.74) is 0. The van der Waals surface area contributed by atoms with Gasteiger partial charge in [0.05, 0.1) is 13.1 Å². The van der Waals surface area contributed by atoms with Crippen molar-refractivity contribution in [2.24, 2.45) is 11.8 Å². The van der Waals surface area contributed by atoms with Crippen LogP contribution in [0.2, 0.25) is 0 Å². The molecule has 5 nitrogen and oxygen atoms in total. The van der Waals surface area contributed by atoms with Crippen LogP contribution < -0.4 is 5.32 Å². The third kappa shape index (κ3) is 6.48. The zero-order chi connectivity index (χ0) is 16.5. The minimum absolute atomic E-state index is 0.0499. The second-order valence-corrected chi connectivity index (χ2v) is 6.42. The SMILES string of the molecule is C#CCNC(=O)CN1CCCN(C(=O)C[C@@H](C)C(C)C)CC1. The summed E-state index contributed by atoms with van der Waals surface area (Å²) < 4.78 is 0. The molecule has 0 bridgehead atoms. The average molecular weight is 307 g/mol. The number of terminal acetylenes is 1. The predicted octanol–water partition coefficient (Wildman–Crippen LogP) is 0.952. The molecule has 124 valence electrons. The summed E-state index contributed by atoms with van der Waals surface area (Å²) in [5, 5.41) is 2.68. The fourth-order valence-electron chi connectivity index (χ4n) is 2.43. The zero-order valence-electron chi connectivity index (χ0n) is 14.1. The highest BCUT2D eigenvalue weighted by Gasteiger charge is 2.22. The molecule has 1 fully saturated rings. The van der Waals surface area contributed by atoms with E-state index in [2.05, 4.69) is 36.9 Å². The highest BCUT2D eigenvalue weighted by Crippen LogP contribution is 2.16. The number of carbonyl (C=O) groups excluding carboxylic acids is 2. The van der Waals surface area contributed by atoms with Gasteiger partial charge in [-0.05, 0) is 18.3 Å². The molecule has 0 unspecified atom stereocenters. The Morgan fingerprint density at radius 1 is 1.18 bits per heavy atom. The summed E-state index contributed by atoms with van der Waals surface area (Å²) >= 11 is 0. The van der Waals surface area contributed by atoms with Gasteiger partial charge in [-0.25, -0.2) is 0 Å². The van der Waals surface area contributed by atoms with E-state index in [9.17, 15) is 9.59 Å². The lowest BCUT2D eigenvalue weighted by molar-refractivity contribution is -0.132. The highest BCUT2D eigenvalue weighted by molar-refractivity contribution is 5.78. The summed E-state index contributed by atoms with van der Waals surface area (Å²) in [6.45, 7) is 10.1. The normalized spacial score (nSPS) is 17.7. The lowest BCUT2D eigenvalue weighted by Gasteiger charge is -2.24. The zero-order valence-corrected chi connectivity index (χ0v) is 14.1. The van der Waals surface area contributed by atoms with Crippen molar-refractivity contribution in [1.29, 1.82) is 0 Å². The first-order valence-corrected chi connectivity index (χ1v) is 8.14. The van der Waals surface area contributed by atoms with Crippen LogP contribution in [0.3, 0.4) is 0 Å². The maximum Gasteiger partial charge on any atom is 0.234 e. The first-order chi connectivity index (χ1) is 10.4. The number of amides is 2. The standard InChI is InChI=1S/C17H29N3O2/c1-5-7-18-16(21)13-19-8-6-9-20(11-10-19)17(22)12-15(4)14(2)3/h1,14-15H,6-13H2,2-4H3,(H,18,21)/t15-/m1/s1. The van der Waals surface area contributed by atoms with E-state index < -0.39 is 0 Å². The lowest BCUT2D eigenvalue weighted by atomic mass is 9.94. The number of rotatable bonds is 6. The molecule has 0 aliphatic carbocycles. The van der Waals surface area contributed by atoms with Crippen LogP contribution in [-0.2, 0) is 9.59 Å². The summed E-state index contributed by atoms with van der Waals surface area (Å²) in [5.74, 6) is 3.50. The van der Waals surface area contributed by atoms with Gasteiger partial charge in [0, 0.05) is 32.6 Å². The van der Waals surface area contributed by atoms with Crippen LogP contribution in [0.15, 0.2) is 0 Å². The van der Waals surface area contributed by atoms with Crippen molar-refractivity contribution in [3.05, 3.63) is 0 Å². The number of nitrogens with one attached hydrogen (secondary N) is 1. The third-order valence-corrected chi connectivity index (χ3v) is 4.33. The number of hydrogen-bond acceptors (Lipinski definition) is 3. The quantitative estimate of drug-likeness (QED) is 0.744. The van der Waals surface area contributed by atoms with Gasteiger partial charge in [0.2, 0.25) is 11.8 Å². The van der Waals surface area contributed by atoms with Crippen LogP contribution >= 0.6 is 0 Å². The van der Waals surface area contributed by atoms with E-state index in [4.69, 9.17) is 6.42 Å². The molecular weight excluding hydrogens is 278 g/mol. The molecule has 0 radical (unpaired) electrons. The molecule has 1 N–H and O–H groups in total. The van der Waals surface area contributed by atoms with E-state index in [0.717, 1.165) is 26.1 Å². The van der Waals surface area contributed by atoms with E-state index >= 15 is 0 Å². The van der Waals surface area contributed by atoms with Crippen molar-refractivity contribution < 1.29 is 9.59 Å². The Morgan fingerprint density at radius 3 is 2.55 bits per heavy atom. The topological polar surface area (TPSA) is 52.7 Å². The van der Waals surface area contributed by atoms with Crippen LogP contribution in [0.1, 0.15) is 33.6 Å². The van der Waals surface area contributed by atoms with Gasteiger partial charge in [0.1, 0.15) is 0 Å². The maximum atomic E-state index is 12.3. The molecule has 22 heavy (non-hydrogen) atoms. The van der Waals surface area contributed by atoms with Crippen molar-refractivity contribution in [1.82, 2.24) is 15.1 Å². The van der Waals surface area contributed by atoms with Crippen molar-refractivity contribution in [2.45, 2.75) is 33.6 Å². The Morgan fingerprint density at radius 2 is 1.91 bits per heavy atom. The smallest absolute Gasteiger partial charge is 0.234 e. The van der Waals surface area contributed by atoms with Crippen LogP contribution in [-0.4, -0.2) is 60.9 Å². The van der Waals surface area contributed by atoms with Crippen LogP contribution in [0.25, 0.3) is 0 Å². The summed E-state index contributed by atoms with van der Waals surface area (Å²) in [7, 11) is 0. The van der Waals surface area contributed by atoms with Crippen LogP contribution in [0, 0.1) is 24.2 Å². The molecule has 2 amide bonds. The Bertz CT molecular complexity index is 415. The summed E-state index contributed by atoms with van der Waals surface area (Å²) in [4.78, 5) is 28.1. The molecule has 1 atom stereocenters. The van der Waals surface area contributed by atoms with Gasteiger partial charge in [-0.15, -0.1) is 6.42 Å². The Balaban J connectivity index is 2.40. The highest BCUT2D eigenvalue weighted by atomic mass is 16.2. The molecule has 0 aromatic heterocycles. The average Bonchev–Trinajstić information content (AvgIpc) is 2.70. The molecule has 1 heterocycles. The molecule has 0 spiro atoms.